The van der Waals surface area contributed by atoms with Crippen molar-refractivity contribution in [2.45, 2.75) is 53.4 Å². The molecular formula is C27H32N6O3. The third-order valence-corrected chi connectivity index (χ3v) is 6.11. The first kappa shape index (κ1) is 25.2. The molecule has 0 spiro atoms. The number of carbonyl (C=O) groups is 1. The van der Waals surface area contributed by atoms with Crippen LogP contribution in [0, 0.1) is 12.8 Å². The minimum absolute atomic E-state index is 0.0750. The number of hydrogen-bond acceptors (Lipinski definition) is 7. The van der Waals surface area contributed by atoms with E-state index in [1.807, 2.05) is 43.3 Å². The fourth-order valence-electron chi connectivity index (χ4n) is 4.53. The van der Waals surface area contributed by atoms with Crippen LogP contribution in [0.3, 0.4) is 0 Å². The number of aromatic amines is 1. The molecule has 2 heterocycles. The average Bonchev–Trinajstić information content (AvgIpc) is 3.27. The maximum absolute atomic E-state index is 13.1. The number of nitrogens with one attached hydrogen (secondary N) is 1. The molecule has 0 fully saturated rings. The molecule has 1 atom stereocenters. The first-order valence-corrected chi connectivity index (χ1v) is 12.2. The zero-order chi connectivity index (χ0) is 25.7. The van der Waals surface area contributed by atoms with Crippen LogP contribution in [0.2, 0.25) is 0 Å². The van der Waals surface area contributed by atoms with Crippen molar-refractivity contribution < 1.29 is 9.53 Å². The van der Waals surface area contributed by atoms with Gasteiger partial charge in [0.05, 0.1) is 12.6 Å². The van der Waals surface area contributed by atoms with Crippen LogP contribution in [0.25, 0.3) is 10.9 Å². The molecule has 188 valence electrons. The predicted molar refractivity (Wildman–Crippen MR) is 137 cm³/mol. The van der Waals surface area contributed by atoms with Gasteiger partial charge in [-0.3, -0.25) is 14.5 Å². The van der Waals surface area contributed by atoms with Gasteiger partial charge >= 0.3 is 5.97 Å². The third kappa shape index (κ3) is 5.85. The minimum Gasteiger partial charge on any atom is -0.465 e. The summed E-state index contributed by atoms with van der Waals surface area (Å²) in [6.45, 7) is 9.12. The lowest BCUT2D eigenvalue weighted by Crippen LogP contribution is -2.35. The molecule has 9 heteroatoms. The Kier molecular flexibility index (Phi) is 7.90. The van der Waals surface area contributed by atoms with Crippen LogP contribution < -0.4 is 5.56 Å². The average molecular weight is 489 g/mol. The SMILES string of the molecule is CCOC(=O)Cn1nnnc1[C@H](C(C)C)N(Cc1ccccc1)Cc1cc2cc(C)ccc2[nH]c1=O. The van der Waals surface area contributed by atoms with Crippen molar-refractivity contribution in [2.75, 3.05) is 6.61 Å². The molecule has 1 N–H and O–H groups in total. The van der Waals surface area contributed by atoms with Gasteiger partial charge in [0.2, 0.25) is 0 Å². The second-order valence-electron chi connectivity index (χ2n) is 9.29. The number of tetrazole rings is 1. The molecule has 0 unspecified atom stereocenters. The highest BCUT2D eigenvalue weighted by atomic mass is 16.5. The van der Waals surface area contributed by atoms with E-state index in [4.69, 9.17) is 4.74 Å². The molecular weight excluding hydrogens is 456 g/mol. The highest BCUT2D eigenvalue weighted by Crippen LogP contribution is 2.30. The summed E-state index contributed by atoms with van der Waals surface area (Å²) in [6.07, 6.45) is 0. The standard InChI is InChI=1S/C27H32N6O3/c1-5-36-24(34)17-33-26(29-30-31-33)25(18(2)3)32(15-20-9-7-6-8-10-20)16-22-14-21-13-19(4)11-12-23(21)28-27(22)35/h6-14,18,25H,5,15-17H2,1-4H3,(H,28,35)/t25-/m0/s1. The van der Waals surface area contributed by atoms with E-state index in [0.29, 0.717) is 24.5 Å². The van der Waals surface area contributed by atoms with E-state index in [1.165, 1.54) is 4.68 Å². The summed E-state index contributed by atoms with van der Waals surface area (Å²) < 4.78 is 6.61. The molecule has 0 saturated heterocycles. The maximum atomic E-state index is 13.1. The van der Waals surface area contributed by atoms with E-state index in [-0.39, 0.29) is 30.7 Å². The summed E-state index contributed by atoms with van der Waals surface area (Å²) in [4.78, 5) is 30.5. The fraction of sp³-hybridized carbons (Fsp3) is 0.370. The van der Waals surface area contributed by atoms with E-state index in [0.717, 1.165) is 22.0 Å². The first-order chi connectivity index (χ1) is 17.4. The molecule has 0 amide bonds. The monoisotopic (exact) mass is 488 g/mol. The molecule has 9 nitrogen and oxygen atoms in total. The lowest BCUT2D eigenvalue weighted by atomic mass is 9.99. The van der Waals surface area contributed by atoms with Crippen molar-refractivity contribution in [3.05, 3.63) is 87.5 Å². The van der Waals surface area contributed by atoms with E-state index >= 15 is 0 Å². The molecule has 0 bridgehead atoms. The number of aromatic nitrogens is 5. The highest BCUT2D eigenvalue weighted by Gasteiger charge is 2.30. The van der Waals surface area contributed by atoms with Gasteiger partial charge in [-0.15, -0.1) is 5.10 Å². The van der Waals surface area contributed by atoms with Gasteiger partial charge in [0.15, 0.2) is 5.82 Å². The number of rotatable bonds is 10. The molecule has 4 rings (SSSR count). The number of fused-ring (bicyclic) bond motifs is 1. The van der Waals surface area contributed by atoms with E-state index in [2.05, 4.69) is 57.5 Å². The molecule has 4 aromatic rings. The van der Waals surface area contributed by atoms with E-state index < -0.39 is 5.97 Å². The third-order valence-electron chi connectivity index (χ3n) is 6.11. The van der Waals surface area contributed by atoms with Crippen LogP contribution in [0.1, 0.15) is 49.3 Å². The number of aryl methyl sites for hydroxylation is 1. The zero-order valence-electron chi connectivity index (χ0n) is 21.1. The largest absolute Gasteiger partial charge is 0.465 e. The fourth-order valence-corrected chi connectivity index (χ4v) is 4.53. The predicted octanol–water partition coefficient (Wildman–Crippen LogP) is 3.79. The van der Waals surface area contributed by atoms with Crippen molar-refractivity contribution in [3.8, 4) is 0 Å². The molecule has 2 aromatic heterocycles. The Labute approximate surface area is 210 Å². The van der Waals surface area contributed by atoms with Gasteiger partial charge < -0.3 is 9.72 Å². The topological polar surface area (TPSA) is 106 Å². The minimum atomic E-state index is -0.399. The van der Waals surface area contributed by atoms with Crippen LogP contribution in [-0.2, 0) is 29.2 Å². The zero-order valence-corrected chi connectivity index (χ0v) is 21.1. The second-order valence-corrected chi connectivity index (χ2v) is 9.29. The summed E-state index contributed by atoms with van der Waals surface area (Å²) >= 11 is 0. The molecule has 36 heavy (non-hydrogen) atoms. The van der Waals surface area contributed by atoms with Gasteiger partial charge in [-0.2, -0.15) is 0 Å². The summed E-state index contributed by atoms with van der Waals surface area (Å²) in [7, 11) is 0. The number of hydrogen-bond donors (Lipinski definition) is 1. The molecule has 0 saturated carbocycles. The number of pyridine rings is 1. The molecule has 0 aliphatic rings. The number of carbonyl (C=O) groups excluding carboxylic acids is 1. The van der Waals surface area contributed by atoms with Gasteiger partial charge in [-0.25, -0.2) is 4.68 Å². The summed E-state index contributed by atoms with van der Waals surface area (Å²) in [5, 5.41) is 13.2. The van der Waals surface area contributed by atoms with Crippen molar-refractivity contribution in [1.82, 2.24) is 30.1 Å². The number of esters is 1. The van der Waals surface area contributed by atoms with Gasteiger partial charge in [0, 0.05) is 24.2 Å². The number of ether oxygens (including phenoxy) is 1. The van der Waals surface area contributed by atoms with Crippen LogP contribution in [-0.4, -0.2) is 42.7 Å². The van der Waals surface area contributed by atoms with Crippen LogP contribution in [0.4, 0.5) is 0 Å². The van der Waals surface area contributed by atoms with Crippen LogP contribution in [0.5, 0.6) is 0 Å². The van der Waals surface area contributed by atoms with Crippen molar-refractivity contribution in [3.63, 3.8) is 0 Å². The second kappa shape index (κ2) is 11.3. The Balaban J connectivity index is 1.75. The number of nitrogens with zero attached hydrogens (tertiary/aromatic N) is 5. The van der Waals surface area contributed by atoms with Gasteiger partial charge in [-0.05, 0) is 59.3 Å². The molecule has 2 aromatic carbocycles. The van der Waals surface area contributed by atoms with E-state index in [9.17, 15) is 9.59 Å². The van der Waals surface area contributed by atoms with Crippen LogP contribution >= 0.6 is 0 Å². The Bertz CT molecular complexity index is 1380. The van der Waals surface area contributed by atoms with Gasteiger partial charge in [0.1, 0.15) is 6.54 Å². The quantitative estimate of drug-likeness (QED) is 0.339. The Morgan fingerprint density at radius 1 is 1.11 bits per heavy atom. The van der Waals surface area contributed by atoms with Crippen molar-refractivity contribution in [1.29, 1.82) is 0 Å². The molecule has 0 radical (unpaired) electrons. The number of benzene rings is 2. The lowest BCUT2D eigenvalue weighted by Gasteiger charge is -2.33. The smallest absolute Gasteiger partial charge is 0.327 e. The Morgan fingerprint density at radius 2 is 1.89 bits per heavy atom. The maximum Gasteiger partial charge on any atom is 0.327 e. The van der Waals surface area contributed by atoms with Crippen LogP contribution in [0.15, 0.2) is 59.4 Å². The lowest BCUT2D eigenvalue weighted by molar-refractivity contribution is -0.144. The molecule has 0 aliphatic carbocycles. The normalized spacial score (nSPS) is 12.4. The van der Waals surface area contributed by atoms with Gasteiger partial charge in [0.25, 0.3) is 5.56 Å². The highest BCUT2D eigenvalue weighted by molar-refractivity contribution is 5.79. The van der Waals surface area contributed by atoms with Crippen molar-refractivity contribution in [2.24, 2.45) is 5.92 Å². The van der Waals surface area contributed by atoms with Gasteiger partial charge in [-0.1, -0.05) is 55.8 Å². The van der Waals surface area contributed by atoms with E-state index in [1.54, 1.807) is 6.92 Å². The first-order valence-electron chi connectivity index (χ1n) is 12.2. The Morgan fingerprint density at radius 3 is 2.61 bits per heavy atom. The number of H-pyrrole nitrogens is 1. The summed E-state index contributed by atoms with van der Waals surface area (Å²) in [5.74, 6) is 0.244. The Hall–Kier alpha value is -3.85. The summed E-state index contributed by atoms with van der Waals surface area (Å²) in [6, 6.07) is 17.7. The molecule has 0 aliphatic heterocycles. The summed E-state index contributed by atoms with van der Waals surface area (Å²) in [5.41, 5.74) is 3.56. The van der Waals surface area contributed by atoms with Crippen molar-refractivity contribution >= 4 is 16.9 Å².